The third-order valence-corrected chi connectivity index (χ3v) is 6.64. The topological polar surface area (TPSA) is 45.2 Å². The van der Waals surface area contributed by atoms with Gasteiger partial charge in [-0.3, -0.25) is 4.79 Å². The maximum atomic E-state index is 12.8. The van der Waals surface area contributed by atoms with Gasteiger partial charge in [-0.25, -0.2) is 4.98 Å². The van der Waals surface area contributed by atoms with E-state index < -0.39 is 11.9 Å². The van der Waals surface area contributed by atoms with E-state index in [4.69, 9.17) is 0 Å². The Morgan fingerprint density at radius 1 is 1.03 bits per heavy atom. The van der Waals surface area contributed by atoms with Gasteiger partial charge >= 0.3 is 6.18 Å². The Hall–Kier alpha value is -2.83. The first kappa shape index (κ1) is 26.8. The Kier molecular flexibility index (Phi) is 8.98. The Morgan fingerprint density at radius 3 is 2.23 bits per heavy atom. The van der Waals surface area contributed by atoms with Crippen molar-refractivity contribution in [3.63, 3.8) is 0 Å². The van der Waals surface area contributed by atoms with Crippen LogP contribution in [0, 0.1) is 5.92 Å². The number of allylic oxidation sites excluding steroid dienone is 1. The second-order valence-electron chi connectivity index (χ2n) is 9.82. The van der Waals surface area contributed by atoms with Gasteiger partial charge in [-0.15, -0.1) is 0 Å². The molecule has 190 valence electrons. The molecular formula is C28H36F3N3O. The van der Waals surface area contributed by atoms with Crippen LogP contribution in [0.2, 0.25) is 0 Å². The SMILES string of the molecule is C=C(C)c1ccc(C(F)(F)F)nc1N1CCCC(C)C1.CC(=O)Nc1ccc(C2CCCC2)cc1. The molecule has 2 fully saturated rings. The normalized spacial score (nSPS) is 18.6. The van der Waals surface area contributed by atoms with Crippen molar-refractivity contribution >= 4 is 23.0 Å². The smallest absolute Gasteiger partial charge is 0.356 e. The summed E-state index contributed by atoms with van der Waals surface area (Å²) < 4.78 is 38.5. The van der Waals surface area contributed by atoms with E-state index in [1.54, 1.807) is 6.92 Å². The molecule has 1 aromatic heterocycles. The quantitative estimate of drug-likeness (QED) is 0.481. The number of rotatable bonds is 4. The molecule has 1 unspecified atom stereocenters. The molecule has 1 amide bonds. The van der Waals surface area contributed by atoms with E-state index in [-0.39, 0.29) is 5.91 Å². The van der Waals surface area contributed by atoms with Crippen molar-refractivity contribution in [1.29, 1.82) is 0 Å². The van der Waals surface area contributed by atoms with E-state index in [0.717, 1.165) is 49.2 Å². The molecule has 0 spiro atoms. The van der Waals surface area contributed by atoms with Crippen LogP contribution in [-0.2, 0) is 11.0 Å². The van der Waals surface area contributed by atoms with Gasteiger partial charge in [0.15, 0.2) is 0 Å². The molecule has 1 aliphatic carbocycles. The van der Waals surface area contributed by atoms with E-state index in [9.17, 15) is 18.0 Å². The Morgan fingerprint density at radius 2 is 1.69 bits per heavy atom. The number of aromatic nitrogens is 1. The van der Waals surface area contributed by atoms with Crippen molar-refractivity contribution in [1.82, 2.24) is 4.98 Å². The minimum atomic E-state index is -4.41. The number of amides is 1. The Balaban J connectivity index is 0.000000203. The molecule has 2 aromatic rings. The summed E-state index contributed by atoms with van der Waals surface area (Å²) in [5.74, 6) is 1.62. The number of nitrogens with one attached hydrogen (secondary N) is 1. The minimum Gasteiger partial charge on any atom is -0.356 e. The van der Waals surface area contributed by atoms with Gasteiger partial charge in [-0.1, -0.05) is 38.5 Å². The van der Waals surface area contributed by atoms with Crippen LogP contribution in [0.5, 0.6) is 0 Å². The molecular weight excluding hydrogens is 451 g/mol. The predicted octanol–water partition coefficient (Wildman–Crippen LogP) is 7.67. The van der Waals surface area contributed by atoms with Gasteiger partial charge in [0.1, 0.15) is 11.5 Å². The maximum absolute atomic E-state index is 12.8. The molecule has 4 nitrogen and oxygen atoms in total. The third kappa shape index (κ3) is 7.58. The van der Waals surface area contributed by atoms with Gasteiger partial charge < -0.3 is 10.2 Å². The zero-order valence-corrected chi connectivity index (χ0v) is 20.9. The van der Waals surface area contributed by atoms with Crippen LogP contribution in [0.25, 0.3) is 5.57 Å². The summed E-state index contributed by atoms with van der Waals surface area (Å²) in [7, 11) is 0. The standard InChI is InChI=1S/C15H19F3N2.C13H17NO/c1-10(2)12-6-7-13(15(16,17)18)19-14(12)20-8-4-5-11(3)9-20;1-10(15)14-13-8-6-12(7-9-13)11-4-2-3-5-11/h6-7,11H,1,4-5,8-9H2,2-3H3;6-9,11H,2-5H2,1H3,(H,14,15). The lowest BCUT2D eigenvalue weighted by molar-refractivity contribution is -0.141. The first-order valence-corrected chi connectivity index (χ1v) is 12.4. The van der Waals surface area contributed by atoms with Gasteiger partial charge in [0, 0.05) is 31.3 Å². The zero-order chi connectivity index (χ0) is 25.6. The number of nitrogens with zero attached hydrogens (tertiary/aromatic N) is 2. The molecule has 35 heavy (non-hydrogen) atoms. The van der Waals surface area contributed by atoms with Crippen molar-refractivity contribution in [2.75, 3.05) is 23.3 Å². The lowest BCUT2D eigenvalue weighted by Gasteiger charge is -2.33. The van der Waals surface area contributed by atoms with Crippen LogP contribution in [0.3, 0.4) is 0 Å². The van der Waals surface area contributed by atoms with Gasteiger partial charge in [0.2, 0.25) is 5.91 Å². The zero-order valence-electron chi connectivity index (χ0n) is 20.9. The highest BCUT2D eigenvalue weighted by Crippen LogP contribution is 2.35. The third-order valence-electron chi connectivity index (χ3n) is 6.64. The summed E-state index contributed by atoms with van der Waals surface area (Å²) >= 11 is 0. The van der Waals surface area contributed by atoms with Crippen LogP contribution < -0.4 is 10.2 Å². The highest BCUT2D eigenvalue weighted by molar-refractivity contribution is 5.88. The predicted molar refractivity (Wildman–Crippen MR) is 137 cm³/mol. The molecule has 4 rings (SSSR count). The number of piperidine rings is 1. The monoisotopic (exact) mass is 487 g/mol. The number of benzene rings is 1. The number of anilines is 2. The van der Waals surface area contributed by atoms with Gasteiger partial charge in [0.25, 0.3) is 0 Å². The van der Waals surface area contributed by atoms with Gasteiger partial charge in [-0.2, -0.15) is 13.2 Å². The summed E-state index contributed by atoms with van der Waals surface area (Å²) in [6, 6.07) is 10.8. The second-order valence-corrected chi connectivity index (χ2v) is 9.82. The fourth-order valence-corrected chi connectivity index (χ4v) is 4.86. The van der Waals surface area contributed by atoms with E-state index in [2.05, 4.69) is 35.9 Å². The molecule has 2 aliphatic rings. The van der Waals surface area contributed by atoms with Crippen molar-refractivity contribution in [3.8, 4) is 0 Å². The molecule has 1 atom stereocenters. The van der Waals surface area contributed by atoms with Crippen molar-refractivity contribution < 1.29 is 18.0 Å². The molecule has 2 heterocycles. The molecule has 0 bridgehead atoms. The van der Waals surface area contributed by atoms with E-state index in [1.807, 2.05) is 17.0 Å². The maximum Gasteiger partial charge on any atom is 0.433 e. The molecule has 0 radical (unpaired) electrons. The Labute approximate surface area is 206 Å². The molecule has 7 heteroatoms. The molecule has 1 aromatic carbocycles. The number of carbonyl (C=O) groups excluding carboxylic acids is 1. The van der Waals surface area contributed by atoms with Crippen LogP contribution in [0.15, 0.2) is 43.0 Å². The molecule has 1 N–H and O–H groups in total. The lowest BCUT2D eigenvalue weighted by atomic mass is 9.98. The number of carbonyl (C=O) groups is 1. The summed E-state index contributed by atoms with van der Waals surface area (Å²) in [6.45, 7) is 10.8. The average molecular weight is 488 g/mol. The van der Waals surface area contributed by atoms with Gasteiger partial charge in [0.05, 0.1) is 0 Å². The van der Waals surface area contributed by atoms with Gasteiger partial charge in [-0.05, 0) is 79.8 Å². The summed E-state index contributed by atoms with van der Waals surface area (Å²) in [5.41, 5.74) is 2.91. The summed E-state index contributed by atoms with van der Waals surface area (Å²) in [6.07, 6.45) is 3.03. The average Bonchev–Trinajstić information content (AvgIpc) is 3.33. The Bertz CT molecular complexity index is 1010. The first-order chi connectivity index (χ1) is 16.5. The molecule has 1 aliphatic heterocycles. The van der Waals surface area contributed by atoms with Crippen molar-refractivity contribution in [3.05, 3.63) is 59.8 Å². The lowest BCUT2D eigenvalue weighted by Crippen LogP contribution is -2.35. The fourth-order valence-electron chi connectivity index (χ4n) is 4.86. The van der Waals surface area contributed by atoms with E-state index in [0.29, 0.717) is 17.3 Å². The van der Waals surface area contributed by atoms with Crippen molar-refractivity contribution in [2.45, 2.75) is 71.4 Å². The number of alkyl halides is 3. The van der Waals surface area contributed by atoms with E-state index in [1.165, 1.54) is 44.2 Å². The molecule has 1 saturated heterocycles. The number of hydrogen-bond acceptors (Lipinski definition) is 3. The molecule has 1 saturated carbocycles. The number of hydrogen-bond donors (Lipinski definition) is 1. The second kappa shape index (κ2) is 11.7. The first-order valence-electron chi connectivity index (χ1n) is 12.4. The number of pyridine rings is 1. The fraction of sp³-hybridized carbons (Fsp3) is 0.500. The summed E-state index contributed by atoms with van der Waals surface area (Å²) in [5, 5.41) is 2.78. The highest BCUT2D eigenvalue weighted by atomic mass is 19.4. The largest absolute Gasteiger partial charge is 0.433 e. The van der Waals surface area contributed by atoms with Crippen LogP contribution in [0.1, 0.15) is 82.0 Å². The van der Waals surface area contributed by atoms with E-state index >= 15 is 0 Å². The summed E-state index contributed by atoms with van der Waals surface area (Å²) in [4.78, 5) is 16.7. The minimum absolute atomic E-state index is 0.0105. The number of halogens is 3. The van der Waals surface area contributed by atoms with Crippen LogP contribution >= 0.6 is 0 Å². The van der Waals surface area contributed by atoms with Crippen LogP contribution in [-0.4, -0.2) is 24.0 Å². The highest BCUT2D eigenvalue weighted by Gasteiger charge is 2.34. The van der Waals surface area contributed by atoms with Crippen LogP contribution in [0.4, 0.5) is 24.7 Å². The van der Waals surface area contributed by atoms with Crippen molar-refractivity contribution in [2.24, 2.45) is 5.92 Å².